The van der Waals surface area contributed by atoms with Gasteiger partial charge in [-0.25, -0.2) is 9.37 Å². The molecule has 0 saturated heterocycles. The van der Waals surface area contributed by atoms with Gasteiger partial charge in [-0.15, -0.1) is 0 Å². The van der Waals surface area contributed by atoms with E-state index in [4.69, 9.17) is 0 Å². The van der Waals surface area contributed by atoms with E-state index in [1.54, 1.807) is 24.3 Å². The summed E-state index contributed by atoms with van der Waals surface area (Å²) in [6, 6.07) is 10.3. The molecule has 3 aromatic rings. The summed E-state index contributed by atoms with van der Waals surface area (Å²) < 4.78 is 13.7. The van der Waals surface area contributed by atoms with Gasteiger partial charge in [0.05, 0.1) is 11.8 Å². The number of halogens is 1. The number of aryl methyl sites for hydroxylation is 1. The number of amides is 1. The summed E-state index contributed by atoms with van der Waals surface area (Å²) in [4.78, 5) is 27.0. The lowest BCUT2D eigenvalue weighted by Gasteiger charge is -2.20. The molecular formula is C21H23FN6O. The summed E-state index contributed by atoms with van der Waals surface area (Å²) in [7, 11) is 0. The highest BCUT2D eigenvalue weighted by Gasteiger charge is 2.12. The molecule has 0 aliphatic carbocycles. The van der Waals surface area contributed by atoms with Crippen LogP contribution in [0, 0.1) is 12.7 Å². The smallest absolute Gasteiger partial charge is 0.258 e. The Balaban J connectivity index is 1.71. The fourth-order valence-electron chi connectivity index (χ4n) is 2.84. The number of pyridine rings is 1. The molecule has 1 amide bonds. The lowest BCUT2D eigenvalue weighted by molar-refractivity contribution is 0.102. The van der Waals surface area contributed by atoms with Crippen molar-refractivity contribution in [1.29, 1.82) is 0 Å². The van der Waals surface area contributed by atoms with Crippen LogP contribution in [0.1, 0.15) is 29.9 Å². The van der Waals surface area contributed by atoms with Crippen molar-refractivity contribution in [1.82, 2.24) is 15.0 Å². The molecule has 29 heavy (non-hydrogen) atoms. The van der Waals surface area contributed by atoms with Crippen molar-refractivity contribution in [3.63, 3.8) is 0 Å². The van der Waals surface area contributed by atoms with Crippen LogP contribution in [0.2, 0.25) is 0 Å². The van der Waals surface area contributed by atoms with Crippen molar-refractivity contribution in [2.75, 3.05) is 28.6 Å². The molecule has 8 heteroatoms. The number of rotatable bonds is 7. The molecule has 0 aliphatic rings. The topological polar surface area (TPSA) is 83.0 Å². The van der Waals surface area contributed by atoms with Crippen LogP contribution in [0.25, 0.3) is 0 Å². The standard InChI is InChI=1S/C21H23FN6O/c1-4-28(5-2)19-12-14(3)24-21(27-19)26-16-8-6-15(7-9-16)25-20(29)17-10-11-23-13-18(17)22/h6-13H,4-5H2,1-3H3,(H,25,29)(H,24,26,27). The highest BCUT2D eigenvalue weighted by atomic mass is 19.1. The number of aromatic nitrogens is 3. The zero-order chi connectivity index (χ0) is 20.8. The molecule has 0 spiro atoms. The first kappa shape index (κ1) is 20.2. The van der Waals surface area contributed by atoms with Gasteiger partial charge >= 0.3 is 0 Å². The van der Waals surface area contributed by atoms with Crippen LogP contribution in [-0.4, -0.2) is 33.9 Å². The minimum atomic E-state index is -0.663. The molecule has 2 N–H and O–H groups in total. The van der Waals surface area contributed by atoms with Crippen molar-refractivity contribution in [2.45, 2.75) is 20.8 Å². The zero-order valence-electron chi connectivity index (χ0n) is 16.6. The Morgan fingerprint density at radius 2 is 1.76 bits per heavy atom. The Kier molecular flexibility index (Phi) is 6.33. The molecule has 2 heterocycles. The van der Waals surface area contributed by atoms with Crippen LogP contribution in [0.4, 0.5) is 27.5 Å². The number of nitrogens with one attached hydrogen (secondary N) is 2. The first-order chi connectivity index (χ1) is 14.0. The largest absolute Gasteiger partial charge is 0.357 e. The maximum Gasteiger partial charge on any atom is 0.258 e. The maximum absolute atomic E-state index is 13.7. The average Bonchev–Trinajstić information content (AvgIpc) is 2.70. The molecule has 0 aliphatic heterocycles. The van der Waals surface area contributed by atoms with Gasteiger partial charge < -0.3 is 15.5 Å². The fraction of sp³-hybridized carbons (Fsp3) is 0.238. The summed E-state index contributed by atoms with van der Waals surface area (Å²) in [5.41, 5.74) is 2.13. The highest BCUT2D eigenvalue weighted by Crippen LogP contribution is 2.20. The number of anilines is 4. The van der Waals surface area contributed by atoms with Crippen LogP contribution in [-0.2, 0) is 0 Å². The molecule has 0 atom stereocenters. The molecular weight excluding hydrogens is 371 g/mol. The predicted octanol–water partition coefficient (Wildman–Crippen LogP) is 4.16. The summed E-state index contributed by atoms with van der Waals surface area (Å²) >= 11 is 0. The Hall–Kier alpha value is -3.55. The monoisotopic (exact) mass is 394 g/mol. The highest BCUT2D eigenvalue weighted by molar-refractivity contribution is 6.04. The number of nitrogens with zero attached hydrogens (tertiary/aromatic N) is 4. The van der Waals surface area contributed by atoms with E-state index in [1.165, 1.54) is 12.3 Å². The summed E-state index contributed by atoms with van der Waals surface area (Å²) in [6.45, 7) is 7.81. The number of carbonyl (C=O) groups is 1. The summed E-state index contributed by atoms with van der Waals surface area (Å²) in [6.07, 6.45) is 2.38. The van der Waals surface area contributed by atoms with Crippen molar-refractivity contribution in [2.24, 2.45) is 0 Å². The van der Waals surface area contributed by atoms with E-state index < -0.39 is 11.7 Å². The van der Waals surface area contributed by atoms with Gasteiger partial charge in [0.1, 0.15) is 5.82 Å². The van der Waals surface area contributed by atoms with E-state index in [0.29, 0.717) is 11.6 Å². The third-order valence-electron chi connectivity index (χ3n) is 4.34. The van der Waals surface area contributed by atoms with E-state index in [1.807, 2.05) is 13.0 Å². The molecule has 0 fully saturated rings. The van der Waals surface area contributed by atoms with Gasteiger partial charge in [0.2, 0.25) is 5.95 Å². The van der Waals surface area contributed by atoms with Crippen molar-refractivity contribution in [3.05, 3.63) is 65.9 Å². The number of benzene rings is 1. The number of hydrogen-bond acceptors (Lipinski definition) is 6. The zero-order valence-corrected chi connectivity index (χ0v) is 16.6. The van der Waals surface area contributed by atoms with E-state index in [2.05, 4.69) is 44.3 Å². The van der Waals surface area contributed by atoms with Crippen LogP contribution >= 0.6 is 0 Å². The molecule has 150 valence electrons. The van der Waals surface area contributed by atoms with Gasteiger partial charge in [0, 0.05) is 42.4 Å². The van der Waals surface area contributed by atoms with Gasteiger partial charge in [-0.1, -0.05) is 0 Å². The van der Waals surface area contributed by atoms with Gasteiger partial charge in [-0.2, -0.15) is 4.98 Å². The second-order valence-corrected chi connectivity index (χ2v) is 6.38. The third-order valence-corrected chi connectivity index (χ3v) is 4.34. The molecule has 0 radical (unpaired) electrons. The number of carbonyl (C=O) groups excluding carboxylic acids is 1. The minimum absolute atomic E-state index is 0.0562. The normalized spacial score (nSPS) is 10.5. The van der Waals surface area contributed by atoms with Crippen LogP contribution in [0.3, 0.4) is 0 Å². The second-order valence-electron chi connectivity index (χ2n) is 6.38. The van der Waals surface area contributed by atoms with E-state index in [9.17, 15) is 9.18 Å². The van der Waals surface area contributed by atoms with Gasteiger partial charge in [0.15, 0.2) is 5.82 Å². The lowest BCUT2D eigenvalue weighted by Crippen LogP contribution is -2.23. The average molecular weight is 394 g/mol. The van der Waals surface area contributed by atoms with Crippen molar-refractivity contribution >= 4 is 29.0 Å². The Labute approximate surface area is 169 Å². The molecule has 3 rings (SSSR count). The summed E-state index contributed by atoms with van der Waals surface area (Å²) in [5, 5.41) is 5.85. The molecule has 7 nitrogen and oxygen atoms in total. The van der Waals surface area contributed by atoms with Crippen LogP contribution in [0.15, 0.2) is 48.8 Å². The molecule has 0 unspecified atom stereocenters. The third kappa shape index (κ3) is 5.04. The first-order valence-corrected chi connectivity index (χ1v) is 9.38. The molecule has 0 bridgehead atoms. The van der Waals surface area contributed by atoms with Gasteiger partial charge in [-0.3, -0.25) is 9.78 Å². The lowest BCUT2D eigenvalue weighted by atomic mass is 10.2. The van der Waals surface area contributed by atoms with Crippen molar-refractivity contribution in [3.8, 4) is 0 Å². The SMILES string of the molecule is CCN(CC)c1cc(C)nc(Nc2ccc(NC(=O)c3ccncc3F)cc2)n1. The van der Waals surface area contributed by atoms with E-state index >= 15 is 0 Å². The fourth-order valence-corrected chi connectivity index (χ4v) is 2.84. The Bertz CT molecular complexity index is 989. The van der Waals surface area contributed by atoms with E-state index in [0.717, 1.165) is 36.5 Å². The second kappa shape index (κ2) is 9.09. The quantitative estimate of drug-likeness (QED) is 0.626. The molecule has 0 saturated carbocycles. The number of hydrogen-bond donors (Lipinski definition) is 2. The molecule has 1 aromatic carbocycles. The molecule has 2 aromatic heterocycles. The Morgan fingerprint density at radius 1 is 1.07 bits per heavy atom. The van der Waals surface area contributed by atoms with Gasteiger partial charge in [0.25, 0.3) is 5.91 Å². The predicted molar refractivity (Wildman–Crippen MR) is 112 cm³/mol. The van der Waals surface area contributed by atoms with E-state index in [-0.39, 0.29) is 5.56 Å². The summed E-state index contributed by atoms with van der Waals surface area (Å²) in [5.74, 6) is 0.177. The van der Waals surface area contributed by atoms with Crippen LogP contribution in [0.5, 0.6) is 0 Å². The Morgan fingerprint density at radius 3 is 2.41 bits per heavy atom. The van der Waals surface area contributed by atoms with Crippen molar-refractivity contribution < 1.29 is 9.18 Å². The minimum Gasteiger partial charge on any atom is -0.357 e. The maximum atomic E-state index is 13.7. The van der Waals surface area contributed by atoms with Crippen LogP contribution < -0.4 is 15.5 Å². The first-order valence-electron chi connectivity index (χ1n) is 9.38. The van der Waals surface area contributed by atoms with Gasteiger partial charge in [-0.05, 0) is 51.1 Å².